The van der Waals surface area contributed by atoms with E-state index < -0.39 is 0 Å². The Labute approximate surface area is 97.2 Å². The van der Waals surface area contributed by atoms with Crippen LogP contribution in [-0.4, -0.2) is 16.0 Å². The van der Waals surface area contributed by atoms with Crippen molar-refractivity contribution >= 4 is 27.0 Å². The first-order valence-corrected chi connectivity index (χ1v) is 5.76. The molecule has 0 radical (unpaired) electrons. The summed E-state index contributed by atoms with van der Waals surface area (Å²) in [5.74, 6) is 0.959. The fraction of sp³-hybridized carbons (Fsp3) is 0.364. The van der Waals surface area contributed by atoms with Gasteiger partial charge in [0.05, 0.1) is 11.0 Å². The van der Waals surface area contributed by atoms with Gasteiger partial charge in [-0.25, -0.2) is 4.98 Å². The van der Waals surface area contributed by atoms with Crippen molar-refractivity contribution < 1.29 is 0 Å². The van der Waals surface area contributed by atoms with Crippen molar-refractivity contribution in [1.82, 2.24) is 9.97 Å². The largest absolute Gasteiger partial charge is 0.342 e. The highest BCUT2D eigenvalue weighted by Gasteiger charge is 2.07. The molecule has 80 valence electrons. The Balaban J connectivity index is 2.50. The molecule has 1 aromatic heterocycles. The van der Waals surface area contributed by atoms with Gasteiger partial charge in [-0.1, -0.05) is 15.9 Å². The van der Waals surface area contributed by atoms with Crippen molar-refractivity contribution in [2.45, 2.75) is 26.3 Å². The van der Waals surface area contributed by atoms with Crippen LogP contribution in [0.1, 0.15) is 18.3 Å². The molecule has 2 rings (SSSR count). The highest BCUT2D eigenvalue weighted by atomic mass is 79.9. The lowest BCUT2D eigenvalue weighted by Gasteiger charge is -1.99. The minimum absolute atomic E-state index is 0.134. The van der Waals surface area contributed by atoms with E-state index in [-0.39, 0.29) is 6.04 Å². The van der Waals surface area contributed by atoms with Gasteiger partial charge in [0, 0.05) is 16.9 Å². The Hall–Kier alpha value is -0.870. The van der Waals surface area contributed by atoms with E-state index in [1.807, 2.05) is 13.0 Å². The topological polar surface area (TPSA) is 54.7 Å². The molecule has 0 spiro atoms. The van der Waals surface area contributed by atoms with E-state index in [2.05, 4.69) is 38.9 Å². The van der Waals surface area contributed by atoms with E-state index in [1.54, 1.807) is 0 Å². The zero-order valence-corrected chi connectivity index (χ0v) is 10.4. The van der Waals surface area contributed by atoms with E-state index in [0.717, 1.165) is 27.8 Å². The highest BCUT2D eigenvalue weighted by molar-refractivity contribution is 9.10. The van der Waals surface area contributed by atoms with Crippen molar-refractivity contribution in [1.29, 1.82) is 0 Å². The van der Waals surface area contributed by atoms with Gasteiger partial charge in [-0.15, -0.1) is 0 Å². The molecule has 0 aliphatic heterocycles. The second-order valence-corrected chi connectivity index (χ2v) is 4.90. The summed E-state index contributed by atoms with van der Waals surface area (Å²) in [5.41, 5.74) is 9.02. The number of aromatic amines is 1. The number of hydrogen-bond acceptors (Lipinski definition) is 2. The van der Waals surface area contributed by atoms with Crippen LogP contribution in [0.25, 0.3) is 11.0 Å². The fourth-order valence-corrected chi connectivity index (χ4v) is 2.27. The monoisotopic (exact) mass is 267 g/mol. The van der Waals surface area contributed by atoms with Crippen LogP contribution >= 0.6 is 15.9 Å². The predicted octanol–water partition coefficient (Wildman–Crippen LogP) is 2.52. The summed E-state index contributed by atoms with van der Waals surface area (Å²) in [5, 5.41) is 0. The minimum atomic E-state index is 0.134. The first kappa shape index (κ1) is 10.6. The molecule has 2 aromatic rings. The first-order chi connectivity index (χ1) is 7.06. The fourth-order valence-electron chi connectivity index (χ4n) is 1.70. The number of halogens is 1. The molecule has 1 heterocycles. The Morgan fingerprint density at radius 1 is 1.53 bits per heavy atom. The minimum Gasteiger partial charge on any atom is -0.342 e. The van der Waals surface area contributed by atoms with E-state index in [4.69, 9.17) is 5.73 Å². The van der Waals surface area contributed by atoms with E-state index in [0.29, 0.717) is 0 Å². The zero-order valence-electron chi connectivity index (χ0n) is 8.84. The molecule has 0 fully saturated rings. The third kappa shape index (κ3) is 2.21. The number of H-pyrrole nitrogens is 1. The average molecular weight is 268 g/mol. The number of nitrogens with one attached hydrogen (secondary N) is 1. The number of imidazole rings is 1. The molecule has 0 saturated heterocycles. The zero-order chi connectivity index (χ0) is 11.0. The van der Waals surface area contributed by atoms with Crippen LogP contribution in [0.2, 0.25) is 0 Å². The number of fused-ring (bicyclic) bond motifs is 1. The van der Waals surface area contributed by atoms with E-state index in [1.165, 1.54) is 5.56 Å². The standard InChI is InChI=1S/C11H14BrN3/c1-6-3-8(12)5-9-11(6)15-10(14-9)4-7(2)13/h3,5,7H,4,13H2,1-2H3,(H,14,15). The molecule has 0 amide bonds. The van der Waals surface area contributed by atoms with Crippen molar-refractivity contribution in [3.05, 3.63) is 28.0 Å². The van der Waals surface area contributed by atoms with Crippen LogP contribution in [0, 0.1) is 6.92 Å². The molecule has 3 nitrogen and oxygen atoms in total. The Morgan fingerprint density at radius 3 is 2.93 bits per heavy atom. The van der Waals surface area contributed by atoms with Gasteiger partial charge >= 0.3 is 0 Å². The Bertz CT molecular complexity index is 488. The molecular formula is C11H14BrN3. The maximum Gasteiger partial charge on any atom is 0.108 e. The van der Waals surface area contributed by atoms with E-state index in [9.17, 15) is 0 Å². The van der Waals surface area contributed by atoms with Gasteiger partial charge in [-0.2, -0.15) is 0 Å². The number of aryl methyl sites for hydroxylation is 1. The molecule has 0 bridgehead atoms. The maximum absolute atomic E-state index is 5.74. The molecule has 4 heteroatoms. The summed E-state index contributed by atoms with van der Waals surface area (Å²) in [6.07, 6.45) is 0.783. The number of benzene rings is 1. The molecule has 0 aliphatic carbocycles. The molecule has 3 N–H and O–H groups in total. The number of nitrogens with zero attached hydrogens (tertiary/aromatic N) is 1. The van der Waals surface area contributed by atoms with Gasteiger partial charge in [-0.05, 0) is 31.5 Å². The predicted molar refractivity (Wildman–Crippen MR) is 65.9 cm³/mol. The lowest BCUT2D eigenvalue weighted by Crippen LogP contribution is -2.18. The molecule has 1 unspecified atom stereocenters. The third-order valence-corrected chi connectivity index (χ3v) is 2.76. The summed E-state index contributed by atoms with van der Waals surface area (Å²) in [4.78, 5) is 7.82. The molecule has 1 atom stereocenters. The quantitative estimate of drug-likeness (QED) is 0.879. The third-order valence-electron chi connectivity index (χ3n) is 2.31. The van der Waals surface area contributed by atoms with Crippen LogP contribution in [0.15, 0.2) is 16.6 Å². The van der Waals surface area contributed by atoms with Gasteiger partial charge in [0.15, 0.2) is 0 Å². The smallest absolute Gasteiger partial charge is 0.108 e. The van der Waals surface area contributed by atoms with Crippen molar-refractivity contribution in [3.8, 4) is 0 Å². The summed E-state index contributed by atoms with van der Waals surface area (Å²) in [6, 6.07) is 4.24. The van der Waals surface area contributed by atoms with Gasteiger partial charge in [0.2, 0.25) is 0 Å². The van der Waals surface area contributed by atoms with Gasteiger partial charge in [0.25, 0.3) is 0 Å². The van der Waals surface area contributed by atoms with Crippen LogP contribution in [0.5, 0.6) is 0 Å². The molecule has 0 saturated carbocycles. The van der Waals surface area contributed by atoms with Crippen molar-refractivity contribution in [2.75, 3.05) is 0 Å². The number of nitrogens with two attached hydrogens (primary N) is 1. The average Bonchev–Trinajstić information content (AvgIpc) is 2.45. The summed E-state index contributed by atoms with van der Waals surface area (Å²) in [6.45, 7) is 4.04. The Morgan fingerprint density at radius 2 is 2.27 bits per heavy atom. The normalized spacial score (nSPS) is 13.3. The second kappa shape index (κ2) is 3.94. The SMILES string of the molecule is Cc1cc(Br)cc2[nH]c(CC(C)N)nc12. The lowest BCUT2D eigenvalue weighted by molar-refractivity contribution is 0.711. The molecule has 1 aromatic carbocycles. The second-order valence-electron chi connectivity index (χ2n) is 3.98. The van der Waals surface area contributed by atoms with Crippen LogP contribution in [0.4, 0.5) is 0 Å². The summed E-state index contributed by atoms with van der Waals surface area (Å²) >= 11 is 3.47. The van der Waals surface area contributed by atoms with Crippen molar-refractivity contribution in [3.63, 3.8) is 0 Å². The van der Waals surface area contributed by atoms with Crippen molar-refractivity contribution in [2.24, 2.45) is 5.73 Å². The highest BCUT2D eigenvalue weighted by Crippen LogP contribution is 2.22. The lowest BCUT2D eigenvalue weighted by atomic mass is 10.2. The summed E-state index contributed by atoms with van der Waals surface area (Å²) in [7, 11) is 0. The number of hydrogen-bond donors (Lipinski definition) is 2. The van der Waals surface area contributed by atoms with Crippen LogP contribution < -0.4 is 5.73 Å². The van der Waals surface area contributed by atoms with Gasteiger partial charge < -0.3 is 10.7 Å². The molecule has 0 aliphatic rings. The van der Waals surface area contributed by atoms with Crippen LogP contribution in [-0.2, 0) is 6.42 Å². The first-order valence-electron chi connectivity index (χ1n) is 4.96. The van der Waals surface area contributed by atoms with Gasteiger partial charge in [-0.3, -0.25) is 0 Å². The summed E-state index contributed by atoms with van der Waals surface area (Å²) < 4.78 is 1.07. The van der Waals surface area contributed by atoms with Gasteiger partial charge in [0.1, 0.15) is 5.82 Å². The molecule has 15 heavy (non-hydrogen) atoms. The number of rotatable bonds is 2. The van der Waals surface area contributed by atoms with E-state index >= 15 is 0 Å². The molecular weight excluding hydrogens is 254 g/mol. The Kier molecular flexibility index (Phi) is 2.80. The van der Waals surface area contributed by atoms with Crippen LogP contribution in [0.3, 0.4) is 0 Å². The number of aromatic nitrogens is 2. The maximum atomic E-state index is 5.74.